The smallest absolute Gasteiger partial charge is 0.348 e. The number of aromatic nitrogens is 3. The zero-order valence-electron chi connectivity index (χ0n) is 13.4. The van der Waals surface area contributed by atoms with Crippen LogP contribution in [0.4, 0.5) is 0 Å². The van der Waals surface area contributed by atoms with E-state index in [9.17, 15) is 9.59 Å². The Morgan fingerprint density at radius 2 is 2.33 bits per heavy atom. The van der Waals surface area contributed by atoms with Crippen molar-refractivity contribution in [1.29, 1.82) is 0 Å². The largest absolute Gasteiger partial charge is 0.375 e. The molecule has 1 amide bonds. The SMILES string of the molecule is COCC(=O)N1CCCC(c2nn(-c3cccc(Cl)c3)c(=O)[nH]2)C1. The lowest BCUT2D eigenvalue weighted by Crippen LogP contribution is -2.41. The number of hydrogen-bond donors (Lipinski definition) is 1. The highest BCUT2D eigenvalue weighted by Gasteiger charge is 2.27. The molecule has 1 fully saturated rings. The predicted octanol–water partition coefficient (Wildman–Crippen LogP) is 1.57. The summed E-state index contributed by atoms with van der Waals surface area (Å²) >= 11 is 5.98. The van der Waals surface area contributed by atoms with Gasteiger partial charge in [-0.05, 0) is 31.0 Å². The van der Waals surface area contributed by atoms with Crippen LogP contribution in [0.3, 0.4) is 0 Å². The summed E-state index contributed by atoms with van der Waals surface area (Å²) in [6.45, 7) is 1.31. The minimum atomic E-state index is -0.312. The molecule has 24 heavy (non-hydrogen) atoms. The van der Waals surface area contributed by atoms with E-state index in [4.69, 9.17) is 16.3 Å². The van der Waals surface area contributed by atoms with Gasteiger partial charge in [0, 0.05) is 31.1 Å². The zero-order valence-corrected chi connectivity index (χ0v) is 14.1. The Morgan fingerprint density at radius 1 is 1.50 bits per heavy atom. The second-order valence-electron chi connectivity index (χ2n) is 5.82. The van der Waals surface area contributed by atoms with Gasteiger partial charge in [0.1, 0.15) is 12.4 Å². The van der Waals surface area contributed by atoms with Gasteiger partial charge in [0.05, 0.1) is 5.69 Å². The van der Waals surface area contributed by atoms with Gasteiger partial charge in [0.2, 0.25) is 5.91 Å². The van der Waals surface area contributed by atoms with E-state index in [-0.39, 0.29) is 24.1 Å². The van der Waals surface area contributed by atoms with Crippen LogP contribution in [0.15, 0.2) is 29.1 Å². The zero-order chi connectivity index (χ0) is 17.1. The molecule has 1 aliphatic heterocycles. The molecule has 1 aliphatic rings. The van der Waals surface area contributed by atoms with E-state index in [2.05, 4.69) is 10.1 Å². The summed E-state index contributed by atoms with van der Waals surface area (Å²) in [4.78, 5) is 28.8. The Labute approximate surface area is 144 Å². The lowest BCUT2D eigenvalue weighted by Gasteiger charge is -2.31. The maximum absolute atomic E-state index is 12.2. The van der Waals surface area contributed by atoms with Gasteiger partial charge < -0.3 is 9.64 Å². The minimum Gasteiger partial charge on any atom is -0.375 e. The van der Waals surface area contributed by atoms with Gasteiger partial charge >= 0.3 is 5.69 Å². The van der Waals surface area contributed by atoms with Crippen molar-refractivity contribution in [2.75, 3.05) is 26.8 Å². The number of H-pyrrole nitrogens is 1. The molecule has 1 saturated heterocycles. The van der Waals surface area contributed by atoms with E-state index in [0.717, 1.165) is 12.8 Å². The number of aromatic amines is 1. The Morgan fingerprint density at radius 3 is 3.08 bits per heavy atom. The average Bonchev–Trinajstić information content (AvgIpc) is 2.97. The molecule has 0 aliphatic carbocycles. The summed E-state index contributed by atoms with van der Waals surface area (Å²) in [5.41, 5.74) is 0.297. The molecule has 1 N–H and O–H groups in total. The van der Waals surface area contributed by atoms with Crippen LogP contribution in [0, 0.1) is 0 Å². The molecule has 2 aromatic rings. The number of carbonyl (C=O) groups is 1. The van der Waals surface area contributed by atoms with Gasteiger partial charge in [0.15, 0.2) is 0 Å². The third-order valence-electron chi connectivity index (χ3n) is 4.12. The van der Waals surface area contributed by atoms with Crippen LogP contribution in [-0.4, -0.2) is 52.4 Å². The lowest BCUT2D eigenvalue weighted by molar-refractivity contribution is -0.136. The molecule has 0 spiro atoms. The number of nitrogens with one attached hydrogen (secondary N) is 1. The Bertz CT molecular complexity index is 786. The third kappa shape index (κ3) is 3.52. The van der Waals surface area contributed by atoms with E-state index in [1.54, 1.807) is 29.2 Å². The van der Waals surface area contributed by atoms with E-state index < -0.39 is 0 Å². The standard InChI is InChI=1S/C16H19ClN4O3/c1-24-10-14(22)20-7-3-4-11(9-20)15-18-16(23)21(19-15)13-6-2-5-12(17)8-13/h2,5-6,8,11H,3-4,7,9-10H2,1H3,(H,18,19,23). The normalized spacial score (nSPS) is 17.9. The number of methoxy groups -OCH3 is 1. The van der Waals surface area contributed by atoms with Crippen LogP contribution >= 0.6 is 11.6 Å². The van der Waals surface area contributed by atoms with Crippen LogP contribution in [-0.2, 0) is 9.53 Å². The van der Waals surface area contributed by atoms with E-state index >= 15 is 0 Å². The van der Waals surface area contributed by atoms with Gasteiger partial charge in [-0.2, -0.15) is 4.68 Å². The summed E-state index contributed by atoms with van der Waals surface area (Å²) in [6, 6.07) is 6.96. The van der Waals surface area contributed by atoms with Gasteiger partial charge in [-0.1, -0.05) is 17.7 Å². The van der Waals surface area contributed by atoms with Crippen molar-refractivity contribution in [2.45, 2.75) is 18.8 Å². The molecular formula is C16H19ClN4O3. The first kappa shape index (κ1) is 16.7. The van der Waals surface area contributed by atoms with Crippen molar-refractivity contribution in [3.63, 3.8) is 0 Å². The highest BCUT2D eigenvalue weighted by atomic mass is 35.5. The fourth-order valence-corrected chi connectivity index (χ4v) is 3.13. The number of carbonyl (C=O) groups excluding carboxylic acids is 1. The summed E-state index contributed by atoms with van der Waals surface area (Å²) in [7, 11) is 1.50. The molecule has 8 heteroatoms. The number of likely N-dealkylation sites (tertiary alicyclic amines) is 1. The van der Waals surface area contributed by atoms with E-state index in [1.165, 1.54) is 11.8 Å². The van der Waals surface area contributed by atoms with Crippen LogP contribution in [0.2, 0.25) is 5.02 Å². The molecule has 1 aromatic heterocycles. The summed E-state index contributed by atoms with van der Waals surface area (Å²) in [6.07, 6.45) is 1.74. The molecule has 3 rings (SSSR count). The molecule has 0 bridgehead atoms. The van der Waals surface area contributed by atoms with E-state index in [0.29, 0.717) is 29.6 Å². The Kier molecular flexibility index (Phi) is 5.01. The number of hydrogen-bond acceptors (Lipinski definition) is 4. The van der Waals surface area contributed by atoms with Crippen molar-refractivity contribution >= 4 is 17.5 Å². The fraction of sp³-hybridized carbons (Fsp3) is 0.438. The molecule has 128 valence electrons. The highest BCUT2D eigenvalue weighted by molar-refractivity contribution is 6.30. The van der Waals surface area contributed by atoms with Crippen LogP contribution in [0.1, 0.15) is 24.6 Å². The monoisotopic (exact) mass is 350 g/mol. The van der Waals surface area contributed by atoms with Crippen LogP contribution in [0.5, 0.6) is 0 Å². The number of amides is 1. The molecule has 7 nitrogen and oxygen atoms in total. The summed E-state index contributed by atoms with van der Waals surface area (Å²) < 4.78 is 6.21. The molecular weight excluding hydrogens is 332 g/mol. The lowest BCUT2D eigenvalue weighted by atomic mass is 9.97. The molecule has 0 saturated carbocycles. The number of ether oxygens (including phenoxy) is 1. The van der Waals surface area contributed by atoms with E-state index in [1.807, 2.05) is 0 Å². The predicted molar refractivity (Wildman–Crippen MR) is 89.6 cm³/mol. The number of rotatable bonds is 4. The molecule has 1 unspecified atom stereocenters. The second kappa shape index (κ2) is 7.19. The number of piperidine rings is 1. The molecule has 2 heterocycles. The Hall–Kier alpha value is -2.12. The molecule has 1 atom stereocenters. The van der Waals surface area contributed by atoms with Crippen LogP contribution < -0.4 is 5.69 Å². The first-order chi connectivity index (χ1) is 11.6. The first-order valence-corrected chi connectivity index (χ1v) is 8.18. The second-order valence-corrected chi connectivity index (χ2v) is 6.26. The molecule has 1 aromatic carbocycles. The third-order valence-corrected chi connectivity index (χ3v) is 4.35. The maximum atomic E-state index is 12.2. The summed E-state index contributed by atoms with van der Waals surface area (Å²) in [5.74, 6) is 0.557. The maximum Gasteiger partial charge on any atom is 0.348 e. The minimum absolute atomic E-state index is 0.00712. The number of halogens is 1. The highest BCUT2D eigenvalue weighted by Crippen LogP contribution is 2.24. The average molecular weight is 351 g/mol. The number of nitrogens with zero attached hydrogens (tertiary/aromatic N) is 3. The topological polar surface area (TPSA) is 80.2 Å². The first-order valence-electron chi connectivity index (χ1n) is 7.80. The fourth-order valence-electron chi connectivity index (χ4n) is 2.95. The van der Waals surface area contributed by atoms with Crippen molar-refractivity contribution in [2.24, 2.45) is 0 Å². The van der Waals surface area contributed by atoms with Crippen LogP contribution in [0.25, 0.3) is 5.69 Å². The van der Waals surface area contributed by atoms with Gasteiger partial charge in [-0.15, -0.1) is 5.10 Å². The van der Waals surface area contributed by atoms with Gasteiger partial charge in [-0.25, -0.2) is 4.79 Å². The van der Waals surface area contributed by atoms with Gasteiger partial charge in [-0.3, -0.25) is 9.78 Å². The van der Waals surface area contributed by atoms with Crippen molar-refractivity contribution < 1.29 is 9.53 Å². The van der Waals surface area contributed by atoms with Gasteiger partial charge in [0.25, 0.3) is 0 Å². The molecule has 0 radical (unpaired) electrons. The quantitative estimate of drug-likeness (QED) is 0.907. The van der Waals surface area contributed by atoms with Crippen molar-refractivity contribution in [3.05, 3.63) is 45.6 Å². The van der Waals surface area contributed by atoms with Crippen molar-refractivity contribution in [1.82, 2.24) is 19.7 Å². The Balaban J connectivity index is 1.82. The number of benzene rings is 1. The van der Waals surface area contributed by atoms with Crippen molar-refractivity contribution in [3.8, 4) is 5.69 Å². The summed E-state index contributed by atoms with van der Waals surface area (Å²) in [5, 5.41) is 4.95.